The number of esters is 1. The zero-order valence-electron chi connectivity index (χ0n) is 12.9. The molecule has 1 amide bonds. The molecule has 0 aromatic heterocycles. The van der Waals surface area contributed by atoms with E-state index in [9.17, 15) is 9.59 Å². The first kappa shape index (κ1) is 16.8. The average molecular weight is 285 g/mol. The van der Waals surface area contributed by atoms with E-state index in [0.717, 1.165) is 32.1 Å². The van der Waals surface area contributed by atoms with E-state index in [1.54, 1.807) is 0 Å². The van der Waals surface area contributed by atoms with Gasteiger partial charge in [0, 0.05) is 5.41 Å². The van der Waals surface area contributed by atoms with Crippen molar-refractivity contribution in [3.8, 4) is 0 Å². The molecule has 0 saturated heterocycles. The van der Waals surface area contributed by atoms with Crippen molar-refractivity contribution in [1.82, 2.24) is 5.32 Å². The lowest BCUT2D eigenvalue weighted by Gasteiger charge is -2.40. The number of nitrogens with one attached hydrogen (secondary N) is 1. The van der Waals surface area contributed by atoms with Gasteiger partial charge in [0.2, 0.25) is 0 Å². The van der Waals surface area contributed by atoms with Crippen molar-refractivity contribution in [2.75, 3.05) is 13.7 Å². The zero-order valence-corrected chi connectivity index (χ0v) is 12.9. The molecule has 1 N–H and O–H groups in total. The Hall–Kier alpha value is -1.26. The van der Waals surface area contributed by atoms with Gasteiger partial charge in [0.1, 0.15) is 6.04 Å². The number of amides is 1. The molecule has 0 aliphatic heterocycles. The van der Waals surface area contributed by atoms with Crippen molar-refractivity contribution in [2.45, 2.75) is 64.8 Å². The van der Waals surface area contributed by atoms with Crippen LogP contribution in [0.25, 0.3) is 0 Å². The van der Waals surface area contributed by atoms with Crippen LogP contribution in [0.3, 0.4) is 0 Å². The maximum absolute atomic E-state index is 11.8. The lowest BCUT2D eigenvalue weighted by Crippen LogP contribution is -2.43. The van der Waals surface area contributed by atoms with E-state index in [-0.39, 0.29) is 5.41 Å². The lowest BCUT2D eigenvalue weighted by atomic mass is 9.68. The number of ether oxygens (including phenoxy) is 2. The summed E-state index contributed by atoms with van der Waals surface area (Å²) in [4.78, 5) is 23.4. The van der Waals surface area contributed by atoms with Crippen molar-refractivity contribution in [3.05, 3.63) is 0 Å². The summed E-state index contributed by atoms with van der Waals surface area (Å²) in [5.41, 5.74) is 0.168. The number of methoxy groups -OCH3 is 1. The Bertz CT molecular complexity index is 320. The molecule has 0 radical (unpaired) electrons. The topological polar surface area (TPSA) is 64.6 Å². The maximum Gasteiger partial charge on any atom is 0.407 e. The van der Waals surface area contributed by atoms with Crippen molar-refractivity contribution < 1.29 is 19.1 Å². The highest BCUT2D eigenvalue weighted by Crippen LogP contribution is 2.43. The van der Waals surface area contributed by atoms with Crippen LogP contribution in [0, 0.1) is 5.41 Å². The van der Waals surface area contributed by atoms with Crippen molar-refractivity contribution in [2.24, 2.45) is 5.41 Å². The molecule has 0 aromatic carbocycles. The molecule has 5 heteroatoms. The van der Waals surface area contributed by atoms with Gasteiger partial charge in [-0.25, -0.2) is 9.59 Å². The lowest BCUT2D eigenvalue weighted by molar-refractivity contribution is -0.143. The highest BCUT2D eigenvalue weighted by atomic mass is 16.6. The van der Waals surface area contributed by atoms with Gasteiger partial charge in [-0.15, -0.1) is 0 Å². The van der Waals surface area contributed by atoms with Gasteiger partial charge in [-0.3, -0.25) is 0 Å². The van der Waals surface area contributed by atoms with Crippen LogP contribution in [-0.2, 0) is 14.3 Å². The number of unbranched alkanes of at least 4 members (excludes halogenated alkanes) is 1. The molecule has 20 heavy (non-hydrogen) atoms. The first-order valence-corrected chi connectivity index (χ1v) is 7.58. The molecule has 1 atom stereocenters. The molecule has 1 aliphatic carbocycles. The van der Waals surface area contributed by atoms with E-state index in [0.29, 0.717) is 13.0 Å². The van der Waals surface area contributed by atoms with E-state index in [4.69, 9.17) is 9.47 Å². The summed E-state index contributed by atoms with van der Waals surface area (Å²) in [5, 5.41) is 2.61. The number of hydrogen-bond acceptors (Lipinski definition) is 4. The summed E-state index contributed by atoms with van der Waals surface area (Å²) in [5.74, 6) is -0.413. The summed E-state index contributed by atoms with van der Waals surface area (Å²) in [6.07, 6.45) is 6.35. The fraction of sp³-hybridized carbons (Fsp3) is 0.867. The van der Waals surface area contributed by atoms with Crippen molar-refractivity contribution in [1.29, 1.82) is 0 Å². The van der Waals surface area contributed by atoms with Crippen LogP contribution < -0.4 is 5.32 Å². The minimum absolute atomic E-state index is 0.168. The van der Waals surface area contributed by atoms with Crippen LogP contribution in [0.15, 0.2) is 0 Å². The fourth-order valence-electron chi connectivity index (χ4n) is 2.48. The molecule has 1 fully saturated rings. The predicted molar refractivity (Wildman–Crippen MR) is 76.4 cm³/mol. The van der Waals surface area contributed by atoms with Gasteiger partial charge in [-0.05, 0) is 25.7 Å². The van der Waals surface area contributed by atoms with E-state index >= 15 is 0 Å². The zero-order chi connectivity index (χ0) is 15.0. The van der Waals surface area contributed by atoms with E-state index in [1.165, 1.54) is 13.5 Å². The van der Waals surface area contributed by atoms with E-state index < -0.39 is 18.1 Å². The second kappa shape index (κ2) is 8.12. The van der Waals surface area contributed by atoms with Crippen LogP contribution in [0.1, 0.15) is 58.8 Å². The molecule has 0 bridgehead atoms. The van der Waals surface area contributed by atoms with Crippen LogP contribution in [0.2, 0.25) is 0 Å². The average Bonchev–Trinajstić information content (AvgIpc) is 2.41. The SMILES string of the molecule is CCCC[C@H](NC(=O)OCC1(CC)CCC1)C(=O)OC. The van der Waals surface area contributed by atoms with Gasteiger partial charge < -0.3 is 14.8 Å². The largest absolute Gasteiger partial charge is 0.467 e. The van der Waals surface area contributed by atoms with Crippen LogP contribution in [0.4, 0.5) is 4.79 Å². The third kappa shape index (κ3) is 4.69. The molecule has 0 heterocycles. The number of rotatable bonds is 8. The molecule has 0 aromatic rings. The molecular weight excluding hydrogens is 258 g/mol. The Morgan fingerprint density at radius 3 is 2.45 bits per heavy atom. The van der Waals surface area contributed by atoms with Crippen LogP contribution >= 0.6 is 0 Å². The normalized spacial score (nSPS) is 17.8. The number of hydrogen-bond donors (Lipinski definition) is 1. The number of alkyl carbamates (subject to hydrolysis) is 1. The standard InChI is InChI=1S/C15H27NO4/c1-4-6-8-12(13(17)19-3)16-14(18)20-11-15(5-2)9-7-10-15/h12H,4-11H2,1-3H3,(H,16,18)/t12-/m0/s1. The highest BCUT2D eigenvalue weighted by Gasteiger charge is 2.36. The third-order valence-electron chi connectivity index (χ3n) is 4.30. The van der Waals surface area contributed by atoms with Gasteiger partial charge in [0.15, 0.2) is 0 Å². The fourth-order valence-corrected chi connectivity index (χ4v) is 2.48. The molecular formula is C15H27NO4. The molecule has 0 spiro atoms. The molecule has 1 aliphatic rings. The summed E-state index contributed by atoms with van der Waals surface area (Å²) < 4.78 is 9.99. The summed E-state index contributed by atoms with van der Waals surface area (Å²) in [7, 11) is 1.33. The van der Waals surface area contributed by atoms with Gasteiger partial charge in [0.05, 0.1) is 13.7 Å². The van der Waals surface area contributed by atoms with Gasteiger partial charge >= 0.3 is 12.1 Å². The van der Waals surface area contributed by atoms with E-state index in [1.807, 2.05) is 6.92 Å². The first-order valence-electron chi connectivity index (χ1n) is 7.58. The summed E-state index contributed by atoms with van der Waals surface area (Å²) in [6, 6.07) is -0.605. The van der Waals surface area contributed by atoms with E-state index in [2.05, 4.69) is 12.2 Å². The first-order chi connectivity index (χ1) is 9.56. The Labute approximate surface area is 121 Å². The van der Waals surface area contributed by atoms with Crippen molar-refractivity contribution in [3.63, 3.8) is 0 Å². The Morgan fingerprint density at radius 2 is 2.00 bits per heavy atom. The second-order valence-electron chi connectivity index (χ2n) is 5.65. The quantitative estimate of drug-likeness (QED) is 0.696. The molecule has 0 unspecified atom stereocenters. The monoisotopic (exact) mass is 285 g/mol. The number of carbonyl (C=O) groups is 2. The van der Waals surface area contributed by atoms with Crippen LogP contribution in [-0.4, -0.2) is 31.8 Å². The highest BCUT2D eigenvalue weighted by molar-refractivity contribution is 5.81. The third-order valence-corrected chi connectivity index (χ3v) is 4.30. The van der Waals surface area contributed by atoms with Gasteiger partial charge in [-0.1, -0.05) is 33.1 Å². The summed E-state index contributed by atoms with van der Waals surface area (Å²) >= 11 is 0. The Balaban J connectivity index is 2.38. The second-order valence-corrected chi connectivity index (χ2v) is 5.65. The minimum atomic E-state index is -0.605. The minimum Gasteiger partial charge on any atom is -0.467 e. The molecule has 5 nitrogen and oxygen atoms in total. The molecule has 116 valence electrons. The Morgan fingerprint density at radius 1 is 1.30 bits per heavy atom. The smallest absolute Gasteiger partial charge is 0.407 e. The summed E-state index contributed by atoms with van der Waals surface area (Å²) in [6.45, 7) is 4.60. The van der Waals surface area contributed by atoms with Gasteiger partial charge in [0.25, 0.3) is 0 Å². The Kier molecular flexibility index (Phi) is 6.82. The van der Waals surface area contributed by atoms with Crippen molar-refractivity contribution >= 4 is 12.1 Å². The molecule has 1 rings (SSSR count). The number of carbonyl (C=O) groups excluding carboxylic acids is 2. The van der Waals surface area contributed by atoms with Gasteiger partial charge in [-0.2, -0.15) is 0 Å². The molecule has 1 saturated carbocycles. The van der Waals surface area contributed by atoms with Crippen LogP contribution in [0.5, 0.6) is 0 Å². The predicted octanol–water partition coefficient (Wildman–Crippen LogP) is 3.02. The maximum atomic E-state index is 11.8.